The fraction of sp³-hybridized carbons (Fsp3) is 0.423. The van der Waals surface area contributed by atoms with Crippen LogP contribution in [0.4, 0.5) is 8.78 Å². The lowest BCUT2D eigenvalue weighted by Crippen LogP contribution is -2.13. The van der Waals surface area contributed by atoms with Crippen LogP contribution in [-0.4, -0.2) is 0 Å². The number of benzene rings is 2. The lowest BCUT2D eigenvalue weighted by molar-refractivity contribution is 0.308. The van der Waals surface area contributed by atoms with Crippen molar-refractivity contribution in [1.82, 2.24) is 0 Å². The zero-order chi connectivity index (χ0) is 20.4. The highest BCUT2D eigenvalue weighted by atomic mass is 19.1. The second-order valence-corrected chi connectivity index (χ2v) is 8.54. The van der Waals surface area contributed by atoms with Crippen molar-refractivity contribution in [2.24, 2.45) is 5.92 Å². The summed E-state index contributed by atoms with van der Waals surface area (Å²) < 4.78 is 28.4. The van der Waals surface area contributed by atoms with Gasteiger partial charge in [0.1, 0.15) is 23.3 Å². The van der Waals surface area contributed by atoms with Crippen LogP contribution in [0.2, 0.25) is 0 Å². The van der Waals surface area contributed by atoms with E-state index in [0.717, 1.165) is 17.1 Å². The average molecular weight is 392 g/mol. The van der Waals surface area contributed by atoms with Gasteiger partial charge in [-0.3, -0.25) is 0 Å². The molecule has 2 aliphatic carbocycles. The lowest BCUT2D eigenvalue weighted by atomic mass is 9.77. The summed E-state index contributed by atoms with van der Waals surface area (Å²) in [5, 5.41) is 8.96. The van der Waals surface area contributed by atoms with Gasteiger partial charge in [0.05, 0.1) is 0 Å². The molecule has 0 saturated heterocycles. The predicted octanol–water partition coefficient (Wildman–Crippen LogP) is 7.09. The van der Waals surface area contributed by atoms with Gasteiger partial charge in [-0.05, 0) is 84.3 Å². The Kier molecular flexibility index (Phi) is 5.81. The van der Waals surface area contributed by atoms with E-state index in [1.807, 2.05) is 6.08 Å². The fourth-order valence-corrected chi connectivity index (χ4v) is 5.07. The molecule has 4 rings (SSSR count). The minimum atomic E-state index is -0.765. The van der Waals surface area contributed by atoms with Gasteiger partial charge in [-0.2, -0.15) is 5.26 Å². The fourth-order valence-electron chi connectivity index (χ4n) is 5.07. The highest BCUT2D eigenvalue weighted by molar-refractivity contribution is 5.71. The maximum atomic E-state index is 14.4. The summed E-state index contributed by atoms with van der Waals surface area (Å²) in [6, 6.07) is 11.7. The predicted molar refractivity (Wildman–Crippen MR) is 113 cm³/mol. The highest BCUT2D eigenvalue weighted by Crippen LogP contribution is 2.38. The van der Waals surface area contributed by atoms with Crippen molar-refractivity contribution >= 4 is 5.57 Å². The molecular weight excluding hydrogens is 364 g/mol. The van der Waals surface area contributed by atoms with E-state index in [9.17, 15) is 8.78 Å². The number of allylic oxidation sites excluding steroid dienone is 2. The molecule has 0 N–H and O–H groups in total. The summed E-state index contributed by atoms with van der Waals surface area (Å²) in [5.41, 5.74) is 4.25. The molecule has 3 heteroatoms. The van der Waals surface area contributed by atoms with Crippen LogP contribution < -0.4 is 0 Å². The van der Waals surface area contributed by atoms with E-state index in [-0.39, 0.29) is 0 Å². The maximum absolute atomic E-state index is 14.4. The number of nitrogens with zero attached hydrogens (tertiary/aromatic N) is 1. The Hall–Kier alpha value is -2.47. The number of halogens is 2. The first-order valence-electron chi connectivity index (χ1n) is 10.8. The summed E-state index contributed by atoms with van der Waals surface area (Å²) in [6.45, 7) is 2.27. The molecular formula is C26H27F2N. The van der Waals surface area contributed by atoms with Gasteiger partial charge in [0.2, 0.25) is 0 Å². The van der Waals surface area contributed by atoms with Gasteiger partial charge < -0.3 is 0 Å². The normalized spacial score (nSPS) is 21.2. The van der Waals surface area contributed by atoms with E-state index in [1.54, 1.807) is 6.07 Å². The van der Waals surface area contributed by atoms with Gasteiger partial charge in [-0.15, -0.1) is 0 Å². The smallest absolute Gasteiger partial charge is 0.147 e. The topological polar surface area (TPSA) is 23.8 Å². The van der Waals surface area contributed by atoms with Gasteiger partial charge in [0.25, 0.3) is 0 Å². The van der Waals surface area contributed by atoms with Crippen LogP contribution in [0.5, 0.6) is 0 Å². The molecule has 0 unspecified atom stereocenters. The Morgan fingerprint density at radius 1 is 1.07 bits per heavy atom. The van der Waals surface area contributed by atoms with Crippen LogP contribution in [-0.2, 0) is 12.8 Å². The summed E-state index contributed by atoms with van der Waals surface area (Å²) in [6.07, 6.45) is 10.8. The first-order chi connectivity index (χ1) is 14.1. The van der Waals surface area contributed by atoms with Crippen LogP contribution in [0.1, 0.15) is 79.2 Å². The van der Waals surface area contributed by atoms with Crippen molar-refractivity contribution in [3.05, 3.63) is 75.9 Å². The molecule has 0 bridgehead atoms. The second kappa shape index (κ2) is 8.49. The molecule has 1 fully saturated rings. The molecule has 1 saturated carbocycles. The van der Waals surface area contributed by atoms with Gasteiger partial charge >= 0.3 is 0 Å². The van der Waals surface area contributed by atoms with E-state index in [2.05, 4.69) is 31.2 Å². The zero-order valence-corrected chi connectivity index (χ0v) is 17.0. The number of rotatable bonds is 4. The summed E-state index contributed by atoms with van der Waals surface area (Å²) in [4.78, 5) is 0. The molecule has 0 heterocycles. The van der Waals surface area contributed by atoms with Crippen molar-refractivity contribution in [2.75, 3.05) is 0 Å². The molecule has 2 aromatic rings. The quantitative estimate of drug-likeness (QED) is 0.546. The van der Waals surface area contributed by atoms with Crippen LogP contribution >= 0.6 is 0 Å². The second-order valence-electron chi connectivity index (χ2n) is 8.54. The van der Waals surface area contributed by atoms with E-state index in [1.165, 1.54) is 50.2 Å². The SMILES string of the molecule is CCCC1CCC(c2ccc(C3=CCc4c(cc(F)c(C#N)c4F)C3)cc2)CC1. The zero-order valence-electron chi connectivity index (χ0n) is 17.0. The van der Waals surface area contributed by atoms with Gasteiger partial charge in [0, 0.05) is 0 Å². The number of hydrogen-bond acceptors (Lipinski definition) is 1. The van der Waals surface area contributed by atoms with Gasteiger partial charge in [-0.25, -0.2) is 8.78 Å². The standard InChI is InChI=1S/C26H27F2N/c1-2-3-17-4-6-18(7-5-17)19-8-10-20(11-9-19)21-12-13-23-22(14-21)15-25(27)24(16-29)26(23)28/h8-12,15,17-18H,2-7,13-14H2,1H3. The lowest BCUT2D eigenvalue weighted by Gasteiger charge is -2.28. The van der Waals surface area contributed by atoms with E-state index < -0.39 is 17.2 Å². The van der Waals surface area contributed by atoms with Crippen LogP contribution in [0, 0.1) is 28.9 Å². The molecule has 0 radical (unpaired) electrons. The molecule has 0 aliphatic heterocycles. The minimum Gasteiger partial charge on any atom is -0.205 e. The average Bonchev–Trinajstić information content (AvgIpc) is 2.74. The Morgan fingerprint density at radius 3 is 2.45 bits per heavy atom. The van der Waals surface area contributed by atoms with Crippen molar-refractivity contribution < 1.29 is 8.78 Å². The Morgan fingerprint density at radius 2 is 1.79 bits per heavy atom. The summed E-state index contributed by atoms with van der Waals surface area (Å²) in [5.74, 6) is 0.0991. The van der Waals surface area contributed by atoms with Crippen LogP contribution in [0.25, 0.3) is 5.57 Å². The van der Waals surface area contributed by atoms with Gasteiger partial charge in [-0.1, -0.05) is 50.1 Å². The third kappa shape index (κ3) is 3.99. The number of nitriles is 1. The van der Waals surface area contributed by atoms with Crippen molar-refractivity contribution in [3.8, 4) is 6.07 Å². The first-order valence-corrected chi connectivity index (χ1v) is 10.8. The molecule has 150 valence electrons. The molecule has 29 heavy (non-hydrogen) atoms. The molecule has 0 aromatic heterocycles. The van der Waals surface area contributed by atoms with E-state index in [4.69, 9.17) is 5.26 Å². The van der Waals surface area contributed by atoms with Crippen molar-refractivity contribution in [3.63, 3.8) is 0 Å². The highest BCUT2D eigenvalue weighted by Gasteiger charge is 2.23. The van der Waals surface area contributed by atoms with E-state index >= 15 is 0 Å². The molecule has 2 aromatic carbocycles. The molecule has 0 amide bonds. The number of fused-ring (bicyclic) bond motifs is 1. The third-order valence-corrected chi connectivity index (χ3v) is 6.75. The maximum Gasteiger partial charge on any atom is 0.147 e. The molecule has 2 aliphatic rings. The van der Waals surface area contributed by atoms with Crippen LogP contribution in [0.3, 0.4) is 0 Å². The third-order valence-electron chi connectivity index (χ3n) is 6.75. The molecule has 0 atom stereocenters. The Labute approximate surface area is 172 Å². The molecule has 1 nitrogen and oxygen atoms in total. The largest absolute Gasteiger partial charge is 0.205 e. The van der Waals surface area contributed by atoms with E-state index in [0.29, 0.717) is 29.9 Å². The van der Waals surface area contributed by atoms with Crippen molar-refractivity contribution in [2.45, 2.75) is 64.2 Å². The summed E-state index contributed by atoms with van der Waals surface area (Å²) in [7, 11) is 0. The number of hydrogen-bond donors (Lipinski definition) is 0. The minimum absolute atomic E-state index is 0.397. The first kappa shape index (κ1) is 19.8. The Bertz CT molecular complexity index is 958. The summed E-state index contributed by atoms with van der Waals surface area (Å²) >= 11 is 0. The van der Waals surface area contributed by atoms with Crippen molar-refractivity contribution in [1.29, 1.82) is 5.26 Å². The monoisotopic (exact) mass is 391 g/mol. The van der Waals surface area contributed by atoms with Gasteiger partial charge in [0.15, 0.2) is 0 Å². The Balaban J connectivity index is 1.48. The molecule has 0 spiro atoms. The van der Waals surface area contributed by atoms with Crippen LogP contribution in [0.15, 0.2) is 36.4 Å².